The van der Waals surface area contributed by atoms with Gasteiger partial charge in [-0.2, -0.15) is 0 Å². The standard InChI is InChI=1S/C55H35N5/c1-3-16-36(17-4-1)39-22-13-23-41(34-39)54-56-53(38-19-5-2-6-20-38)57-55(58-54)46-27-15-30-49-51(46)45-25-10-12-29-48(45)60(49)50-31-14-26-44-43-24-9-11-28-47(43)59(52(44)50)42-33-32-37-18-7-8-21-40(37)35-42/h1-35H. The van der Waals surface area contributed by atoms with Gasteiger partial charge in [-0.15, -0.1) is 0 Å². The summed E-state index contributed by atoms with van der Waals surface area (Å²) in [5, 5.41) is 7.06. The molecular formula is C55H35N5. The third-order valence-corrected chi connectivity index (χ3v) is 11.7. The van der Waals surface area contributed by atoms with Gasteiger partial charge < -0.3 is 9.13 Å². The summed E-state index contributed by atoms with van der Waals surface area (Å²) in [4.78, 5) is 15.6. The van der Waals surface area contributed by atoms with Crippen LogP contribution in [-0.4, -0.2) is 24.1 Å². The van der Waals surface area contributed by atoms with E-state index in [0.29, 0.717) is 17.5 Å². The number of aromatic nitrogens is 5. The molecule has 0 bridgehead atoms. The molecule has 3 aromatic heterocycles. The van der Waals surface area contributed by atoms with Crippen molar-refractivity contribution in [3.8, 4) is 56.7 Å². The van der Waals surface area contributed by atoms with Crippen LogP contribution in [0.15, 0.2) is 212 Å². The third kappa shape index (κ3) is 5.44. The third-order valence-electron chi connectivity index (χ3n) is 11.7. The predicted molar refractivity (Wildman–Crippen MR) is 248 cm³/mol. The fourth-order valence-electron chi connectivity index (χ4n) is 9.04. The molecule has 0 aliphatic heterocycles. The van der Waals surface area contributed by atoms with Gasteiger partial charge in [0, 0.05) is 43.9 Å². The van der Waals surface area contributed by atoms with Crippen molar-refractivity contribution in [1.29, 1.82) is 0 Å². The van der Waals surface area contributed by atoms with Crippen LogP contribution in [0.5, 0.6) is 0 Å². The van der Waals surface area contributed by atoms with Crippen molar-refractivity contribution in [2.24, 2.45) is 0 Å². The van der Waals surface area contributed by atoms with E-state index >= 15 is 0 Å². The summed E-state index contributed by atoms with van der Waals surface area (Å²) in [6.07, 6.45) is 0. The summed E-state index contributed by atoms with van der Waals surface area (Å²) in [5.74, 6) is 1.88. The van der Waals surface area contributed by atoms with Gasteiger partial charge in [0.25, 0.3) is 0 Å². The van der Waals surface area contributed by atoms with Gasteiger partial charge >= 0.3 is 0 Å². The van der Waals surface area contributed by atoms with Crippen LogP contribution in [0, 0.1) is 0 Å². The van der Waals surface area contributed by atoms with Gasteiger partial charge in [-0.3, -0.25) is 0 Å². The lowest BCUT2D eigenvalue weighted by molar-refractivity contribution is 1.08. The monoisotopic (exact) mass is 765 g/mol. The molecule has 3 heterocycles. The maximum atomic E-state index is 5.29. The van der Waals surface area contributed by atoms with Crippen LogP contribution in [0.25, 0.3) is 111 Å². The molecule has 5 heteroatoms. The zero-order chi connectivity index (χ0) is 39.6. The quantitative estimate of drug-likeness (QED) is 0.169. The smallest absolute Gasteiger partial charge is 0.164 e. The van der Waals surface area contributed by atoms with Crippen LogP contribution in [0.1, 0.15) is 0 Å². The first-order valence-corrected chi connectivity index (χ1v) is 20.3. The molecule has 0 fully saturated rings. The second-order valence-corrected chi connectivity index (χ2v) is 15.2. The molecule has 0 atom stereocenters. The maximum Gasteiger partial charge on any atom is 0.164 e. The molecule has 280 valence electrons. The lowest BCUT2D eigenvalue weighted by Crippen LogP contribution is -2.01. The van der Waals surface area contributed by atoms with Gasteiger partial charge in [-0.25, -0.2) is 15.0 Å². The Morgan fingerprint density at radius 1 is 0.317 bits per heavy atom. The molecule has 9 aromatic carbocycles. The van der Waals surface area contributed by atoms with Crippen molar-refractivity contribution in [1.82, 2.24) is 24.1 Å². The minimum absolute atomic E-state index is 0.626. The molecule has 0 N–H and O–H groups in total. The molecule has 5 nitrogen and oxygen atoms in total. The summed E-state index contributed by atoms with van der Waals surface area (Å²) < 4.78 is 4.86. The molecule has 60 heavy (non-hydrogen) atoms. The Morgan fingerprint density at radius 3 is 1.70 bits per heavy atom. The van der Waals surface area contributed by atoms with E-state index in [0.717, 1.165) is 66.5 Å². The number of fused-ring (bicyclic) bond motifs is 7. The average molecular weight is 766 g/mol. The highest BCUT2D eigenvalue weighted by atomic mass is 15.1. The molecule has 0 saturated carbocycles. The van der Waals surface area contributed by atoms with Crippen molar-refractivity contribution < 1.29 is 0 Å². The SMILES string of the molecule is c1ccc(-c2cccc(-c3nc(-c4ccccc4)nc(-c4cccc5c4c4ccccc4n5-c4cccc5c6ccccc6n(-c6ccc7ccccc7c6)c45)n3)c2)cc1. The minimum Gasteiger partial charge on any atom is -0.307 e. The Labute approximate surface area is 346 Å². The summed E-state index contributed by atoms with van der Waals surface area (Å²) in [5.41, 5.74) is 11.8. The average Bonchev–Trinajstić information content (AvgIpc) is 3.85. The number of benzene rings is 9. The Kier molecular flexibility index (Phi) is 7.78. The van der Waals surface area contributed by atoms with E-state index in [4.69, 9.17) is 15.0 Å². The van der Waals surface area contributed by atoms with Gasteiger partial charge in [0.1, 0.15) is 0 Å². The highest BCUT2D eigenvalue weighted by Gasteiger charge is 2.23. The van der Waals surface area contributed by atoms with Crippen molar-refractivity contribution in [2.75, 3.05) is 0 Å². The maximum absolute atomic E-state index is 5.29. The molecule has 0 aliphatic carbocycles. The van der Waals surface area contributed by atoms with Gasteiger partial charge in [0.05, 0.1) is 27.8 Å². The summed E-state index contributed by atoms with van der Waals surface area (Å²) >= 11 is 0. The summed E-state index contributed by atoms with van der Waals surface area (Å²) in [7, 11) is 0. The molecule has 0 aliphatic rings. The molecule has 0 unspecified atom stereocenters. The highest BCUT2D eigenvalue weighted by Crippen LogP contribution is 2.42. The number of rotatable bonds is 6. The van der Waals surface area contributed by atoms with E-state index in [2.05, 4.69) is 197 Å². The molecule has 0 amide bonds. The first kappa shape index (κ1) is 33.9. The lowest BCUT2D eigenvalue weighted by atomic mass is 10.0. The number of hydrogen-bond acceptors (Lipinski definition) is 3. The Morgan fingerprint density at radius 2 is 0.883 bits per heavy atom. The zero-order valence-corrected chi connectivity index (χ0v) is 32.4. The molecule has 0 radical (unpaired) electrons. The first-order valence-electron chi connectivity index (χ1n) is 20.3. The van der Waals surface area contributed by atoms with Crippen LogP contribution >= 0.6 is 0 Å². The lowest BCUT2D eigenvalue weighted by Gasteiger charge is -2.15. The highest BCUT2D eigenvalue weighted by molar-refractivity contribution is 6.18. The van der Waals surface area contributed by atoms with Crippen LogP contribution in [0.4, 0.5) is 0 Å². The van der Waals surface area contributed by atoms with Gasteiger partial charge in [0.2, 0.25) is 0 Å². The predicted octanol–water partition coefficient (Wildman–Crippen LogP) is 13.9. The minimum atomic E-state index is 0.626. The molecular weight excluding hydrogens is 731 g/mol. The number of nitrogens with zero attached hydrogens (tertiary/aromatic N) is 5. The molecule has 0 spiro atoms. The Bertz CT molecular complexity index is 3600. The van der Waals surface area contributed by atoms with E-state index in [1.165, 1.54) is 27.1 Å². The van der Waals surface area contributed by atoms with E-state index < -0.39 is 0 Å². The van der Waals surface area contributed by atoms with E-state index in [1.807, 2.05) is 24.3 Å². The zero-order valence-electron chi connectivity index (χ0n) is 32.4. The second kappa shape index (κ2) is 13.8. The van der Waals surface area contributed by atoms with Crippen molar-refractivity contribution in [2.45, 2.75) is 0 Å². The van der Waals surface area contributed by atoms with Crippen LogP contribution in [-0.2, 0) is 0 Å². The largest absolute Gasteiger partial charge is 0.307 e. The van der Waals surface area contributed by atoms with Gasteiger partial charge in [-0.1, -0.05) is 170 Å². The summed E-state index contributed by atoms with van der Waals surface area (Å²) in [6.45, 7) is 0. The normalized spacial score (nSPS) is 11.7. The van der Waals surface area contributed by atoms with Gasteiger partial charge in [-0.05, 0) is 64.4 Å². The first-order chi connectivity index (χ1) is 29.8. The molecule has 12 aromatic rings. The Balaban J connectivity index is 1.12. The number of hydrogen-bond donors (Lipinski definition) is 0. The van der Waals surface area contributed by atoms with Crippen molar-refractivity contribution >= 4 is 54.4 Å². The van der Waals surface area contributed by atoms with Crippen LogP contribution in [0.3, 0.4) is 0 Å². The fourth-order valence-corrected chi connectivity index (χ4v) is 9.04. The van der Waals surface area contributed by atoms with Crippen molar-refractivity contribution in [3.63, 3.8) is 0 Å². The van der Waals surface area contributed by atoms with E-state index in [-0.39, 0.29) is 0 Å². The molecule has 12 rings (SSSR count). The second-order valence-electron chi connectivity index (χ2n) is 15.2. The Hall–Kier alpha value is -8.15. The fraction of sp³-hybridized carbons (Fsp3) is 0. The summed E-state index contributed by atoms with van der Waals surface area (Å²) in [6, 6.07) is 75.1. The van der Waals surface area contributed by atoms with E-state index in [9.17, 15) is 0 Å². The van der Waals surface area contributed by atoms with Crippen molar-refractivity contribution in [3.05, 3.63) is 212 Å². The van der Waals surface area contributed by atoms with Crippen LogP contribution < -0.4 is 0 Å². The van der Waals surface area contributed by atoms with Gasteiger partial charge in [0.15, 0.2) is 17.5 Å². The van der Waals surface area contributed by atoms with Crippen LogP contribution in [0.2, 0.25) is 0 Å². The molecule has 0 saturated heterocycles. The number of para-hydroxylation sites is 3. The topological polar surface area (TPSA) is 48.5 Å². The van der Waals surface area contributed by atoms with E-state index in [1.54, 1.807) is 0 Å².